The molecule has 1 N–H and O–H groups in total. The number of ether oxygens (including phenoxy) is 1. The Hall–Kier alpha value is -3.57. The Morgan fingerprint density at radius 1 is 1.00 bits per heavy atom. The average molecular weight is 448 g/mol. The van der Waals surface area contributed by atoms with Crippen molar-refractivity contribution in [2.75, 3.05) is 7.11 Å². The summed E-state index contributed by atoms with van der Waals surface area (Å²) < 4.78 is 10.8. The number of rotatable bonds is 6. The highest BCUT2D eigenvalue weighted by atomic mass is 35.5. The lowest BCUT2D eigenvalue weighted by Gasteiger charge is -2.16. The predicted molar refractivity (Wildman–Crippen MR) is 125 cm³/mol. The molecule has 1 aromatic heterocycles. The molecule has 0 saturated carbocycles. The number of methoxy groups -OCH3 is 1. The molecule has 3 aromatic carbocycles. The molecular weight excluding hydrogens is 426 g/mol. The van der Waals surface area contributed by atoms with Gasteiger partial charge in [0.1, 0.15) is 11.6 Å². The van der Waals surface area contributed by atoms with Gasteiger partial charge in [-0.2, -0.15) is 0 Å². The van der Waals surface area contributed by atoms with Crippen molar-refractivity contribution in [3.63, 3.8) is 0 Å². The first-order valence-corrected chi connectivity index (χ1v) is 10.6. The fraction of sp³-hybridized carbons (Fsp3) is 0.154. The van der Waals surface area contributed by atoms with E-state index in [1.807, 2.05) is 79.7 Å². The van der Waals surface area contributed by atoms with Gasteiger partial charge in [-0.25, -0.2) is 4.79 Å². The average Bonchev–Trinajstić information content (AvgIpc) is 3.15. The van der Waals surface area contributed by atoms with Crippen LogP contribution in [0.5, 0.6) is 0 Å². The molecule has 32 heavy (non-hydrogen) atoms. The van der Waals surface area contributed by atoms with Gasteiger partial charge in [0, 0.05) is 22.4 Å². The third-order valence-electron chi connectivity index (χ3n) is 5.40. The zero-order valence-electron chi connectivity index (χ0n) is 17.7. The summed E-state index contributed by atoms with van der Waals surface area (Å²) in [4.78, 5) is 25.3. The summed E-state index contributed by atoms with van der Waals surface area (Å²) in [6, 6.07) is 21.9. The molecule has 0 spiro atoms. The topological polar surface area (TPSA) is 68.5 Å². The number of aryl methyl sites for hydroxylation is 1. The van der Waals surface area contributed by atoms with Crippen LogP contribution in [0.4, 0.5) is 0 Å². The summed E-state index contributed by atoms with van der Waals surface area (Å²) in [5.74, 6) is -0.797. The van der Waals surface area contributed by atoms with Crippen LogP contribution >= 0.6 is 11.6 Å². The molecule has 4 aromatic rings. The van der Waals surface area contributed by atoms with Crippen molar-refractivity contribution in [1.29, 1.82) is 0 Å². The van der Waals surface area contributed by atoms with Crippen LogP contribution in [0.25, 0.3) is 22.1 Å². The van der Waals surface area contributed by atoms with Crippen molar-refractivity contribution in [1.82, 2.24) is 5.32 Å². The van der Waals surface area contributed by atoms with Crippen molar-refractivity contribution < 1.29 is 18.7 Å². The van der Waals surface area contributed by atoms with Crippen molar-refractivity contribution >= 4 is 34.4 Å². The number of carbonyl (C=O) groups is 2. The lowest BCUT2D eigenvalue weighted by molar-refractivity contribution is -0.142. The minimum Gasteiger partial charge on any atom is -0.467 e. The summed E-state index contributed by atoms with van der Waals surface area (Å²) in [7, 11) is 1.30. The van der Waals surface area contributed by atoms with Gasteiger partial charge in [-0.15, -0.1) is 0 Å². The van der Waals surface area contributed by atoms with Crippen LogP contribution in [0.3, 0.4) is 0 Å². The number of nitrogens with one attached hydrogen (secondary N) is 1. The van der Waals surface area contributed by atoms with Gasteiger partial charge in [0.15, 0.2) is 5.76 Å². The van der Waals surface area contributed by atoms with E-state index < -0.39 is 17.9 Å². The quantitative estimate of drug-likeness (QED) is 0.392. The fourth-order valence-corrected chi connectivity index (χ4v) is 3.80. The summed E-state index contributed by atoms with van der Waals surface area (Å²) in [6.45, 7) is 1.83. The van der Waals surface area contributed by atoms with Crippen LogP contribution in [-0.2, 0) is 16.0 Å². The van der Waals surface area contributed by atoms with Crippen LogP contribution in [0.2, 0.25) is 5.02 Å². The van der Waals surface area contributed by atoms with Crippen LogP contribution < -0.4 is 5.32 Å². The van der Waals surface area contributed by atoms with Crippen molar-refractivity contribution in [2.45, 2.75) is 19.4 Å². The highest BCUT2D eigenvalue weighted by Crippen LogP contribution is 2.30. The summed E-state index contributed by atoms with van der Waals surface area (Å²) in [5.41, 5.74) is 4.16. The van der Waals surface area contributed by atoms with Gasteiger partial charge >= 0.3 is 5.97 Å². The van der Waals surface area contributed by atoms with Gasteiger partial charge < -0.3 is 14.5 Å². The smallest absolute Gasteiger partial charge is 0.328 e. The number of hydrogen-bond acceptors (Lipinski definition) is 4. The first-order chi connectivity index (χ1) is 15.5. The van der Waals surface area contributed by atoms with Crippen LogP contribution in [0.1, 0.15) is 21.7 Å². The van der Waals surface area contributed by atoms with Crippen LogP contribution in [0, 0.1) is 6.92 Å². The molecule has 0 fully saturated rings. The fourth-order valence-electron chi connectivity index (χ4n) is 3.67. The molecule has 0 aliphatic carbocycles. The summed E-state index contributed by atoms with van der Waals surface area (Å²) in [6.07, 6.45) is 0.319. The number of amides is 1. The van der Waals surface area contributed by atoms with E-state index in [9.17, 15) is 9.59 Å². The number of carbonyl (C=O) groups excluding carboxylic acids is 2. The maximum absolute atomic E-state index is 13.0. The summed E-state index contributed by atoms with van der Waals surface area (Å²) in [5, 5.41) is 4.27. The van der Waals surface area contributed by atoms with E-state index in [4.69, 9.17) is 20.8 Å². The standard InChI is InChI=1S/C26H22ClNO4/c1-16-21-13-10-19(18-8-11-20(27)12-9-18)15-23(21)32-24(16)25(29)28-22(26(30)31-2)14-17-6-4-3-5-7-17/h3-13,15,22H,14H2,1-2H3,(H,28,29)/t22-/m0/s1. The van der Waals surface area contributed by atoms with E-state index >= 15 is 0 Å². The van der Waals surface area contributed by atoms with Crippen molar-refractivity contribution in [2.24, 2.45) is 0 Å². The van der Waals surface area contributed by atoms with Gasteiger partial charge in [-0.05, 0) is 41.8 Å². The van der Waals surface area contributed by atoms with Gasteiger partial charge in [-0.1, -0.05) is 66.2 Å². The molecule has 1 amide bonds. The highest BCUT2D eigenvalue weighted by Gasteiger charge is 2.26. The SMILES string of the molecule is COC(=O)[C@H](Cc1ccccc1)NC(=O)c1oc2cc(-c3ccc(Cl)cc3)ccc2c1C. The lowest BCUT2D eigenvalue weighted by atomic mass is 10.0. The number of benzene rings is 3. The Morgan fingerprint density at radius 2 is 1.69 bits per heavy atom. The number of hydrogen-bond donors (Lipinski definition) is 1. The Balaban J connectivity index is 1.61. The Bertz CT molecular complexity index is 1260. The first kappa shape index (κ1) is 21.7. The van der Waals surface area contributed by atoms with E-state index in [0.29, 0.717) is 22.6 Å². The van der Waals surface area contributed by atoms with E-state index in [1.165, 1.54) is 7.11 Å². The van der Waals surface area contributed by atoms with E-state index in [-0.39, 0.29) is 5.76 Å². The van der Waals surface area contributed by atoms with Crippen molar-refractivity contribution in [3.8, 4) is 11.1 Å². The lowest BCUT2D eigenvalue weighted by Crippen LogP contribution is -2.43. The minimum absolute atomic E-state index is 0.176. The van der Waals surface area contributed by atoms with E-state index in [1.54, 1.807) is 0 Å². The largest absolute Gasteiger partial charge is 0.467 e. The molecule has 4 rings (SSSR count). The zero-order valence-corrected chi connectivity index (χ0v) is 18.5. The molecule has 0 radical (unpaired) electrons. The number of esters is 1. The number of halogens is 1. The molecule has 0 saturated heterocycles. The maximum Gasteiger partial charge on any atom is 0.328 e. The van der Waals surface area contributed by atoms with Crippen molar-refractivity contribution in [3.05, 3.63) is 94.7 Å². The maximum atomic E-state index is 13.0. The molecule has 162 valence electrons. The van der Waals surface area contributed by atoms with Gasteiger partial charge in [0.2, 0.25) is 0 Å². The Labute approximate surface area is 191 Å². The third-order valence-corrected chi connectivity index (χ3v) is 5.65. The van der Waals surface area contributed by atoms with E-state index in [0.717, 1.165) is 22.1 Å². The second-order valence-corrected chi connectivity index (χ2v) is 7.95. The Morgan fingerprint density at radius 3 is 2.38 bits per heavy atom. The van der Waals surface area contributed by atoms with E-state index in [2.05, 4.69) is 5.32 Å². The second kappa shape index (κ2) is 9.28. The number of furan rings is 1. The van der Waals surface area contributed by atoms with Crippen LogP contribution in [-0.4, -0.2) is 25.0 Å². The molecule has 6 heteroatoms. The minimum atomic E-state index is -0.827. The van der Waals surface area contributed by atoms with Gasteiger partial charge in [0.05, 0.1) is 7.11 Å². The molecule has 1 heterocycles. The van der Waals surface area contributed by atoms with Crippen LogP contribution in [0.15, 0.2) is 77.2 Å². The first-order valence-electron chi connectivity index (χ1n) is 10.2. The zero-order chi connectivity index (χ0) is 22.7. The molecule has 0 bridgehead atoms. The number of fused-ring (bicyclic) bond motifs is 1. The molecule has 0 aliphatic heterocycles. The highest BCUT2D eigenvalue weighted by molar-refractivity contribution is 6.30. The molecule has 0 aliphatic rings. The Kier molecular flexibility index (Phi) is 6.28. The molecule has 5 nitrogen and oxygen atoms in total. The predicted octanol–water partition coefficient (Wildman–Crippen LogP) is 5.58. The van der Waals surface area contributed by atoms with Gasteiger partial charge in [-0.3, -0.25) is 4.79 Å². The third kappa shape index (κ3) is 4.53. The summed E-state index contributed by atoms with van der Waals surface area (Å²) >= 11 is 5.98. The molecule has 0 unspecified atom stereocenters. The van der Waals surface area contributed by atoms with Gasteiger partial charge in [0.25, 0.3) is 5.91 Å². The normalized spacial score (nSPS) is 11.8. The second-order valence-electron chi connectivity index (χ2n) is 7.51. The monoisotopic (exact) mass is 447 g/mol. The molecule has 1 atom stereocenters. The molecular formula is C26H22ClNO4.